The number of rotatable bonds is 5. The SMILES string of the molecule is O=C(OCCC1CC1)c1cc(Cl)cc(S(=O)(=O)Cl)c1. The summed E-state index contributed by atoms with van der Waals surface area (Å²) in [6.45, 7) is 0.332. The third-order valence-electron chi connectivity index (χ3n) is 2.84. The van der Waals surface area contributed by atoms with Gasteiger partial charge in [-0.15, -0.1) is 0 Å². The Morgan fingerprint density at radius 1 is 1.32 bits per heavy atom. The van der Waals surface area contributed by atoms with Crippen LogP contribution in [-0.2, 0) is 13.8 Å². The molecule has 19 heavy (non-hydrogen) atoms. The highest BCUT2D eigenvalue weighted by Gasteiger charge is 2.22. The van der Waals surface area contributed by atoms with Gasteiger partial charge >= 0.3 is 5.97 Å². The van der Waals surface area contributed by atoms with Gasteiger partial charge in [0.15, 0.2) is 0 Å². The molecule has 1 aromatic carbocycles. The van der Waals surface area contributed by atoms with E-state index in [-0.39, 0.29) is 15.5 Å². The molecule has 1 fully saturated rings. The second-order valence-electron chi connectivity index (χ2n) is 4.48. The highest BCUT2D eigenvalue weighted by atomic mass is 35.7. The fraction of sp³-hybridized carbons (Fsp3) is 0.417. The number of carbonyl (C=O) groups excluding carboxylic acids is 1. The molecule has 2 rings (SSSR count). The summed E-state index contributed by atoms with van der Waals surface area (Å²) in [4.78, 5) is 11.5. The van der Waals surface area contributed by atoms with E-state index in [1.807, 2.05) is 0 Å². The van der Waals surface area contributed by atoms with Crippen LogP contribution in [0.5, 0.6) is 0 Å². The quantitative estimate of drug-likeness (QED) is 0.616. The lowest BCUT2D eigenvalue weighted by Crippen LogP contribution is -2.08. The molecule has 4 nitrogen and oxygen atoms in total. The first kappa shape index (κ1) is 14.6. The van der Waals surface area contributed by atoms with Gasteiger partial charge in [-0.05, 0) is 30.5 Å². The molecule has 0 radical (unpaired) electrons. The highest BCUT2D eigenvalue weighted by Crippen LogP contribution is 2.32. The fourth-order valence-electron chi connectivity index (χ4n) is 1.63. The molecule has 1 aliphatic carbocycles. The van der Waals surface area contributed by atoms with Gasteiger partial charge < -0.3 is 4.74 Å². The average molecular weight is 323 g/mol. The Kier molecular flexibility index (Phi) is 4.38. The lowest BCUT2D eigenvalue weighted by atomic mass is 10.2. The predicted molar refractivity (Wildman–Crippen MR) is 72.1 cm³/mol. The molecule has 0 heterocycles. The van der Waals surface area contributed by atoms with Gasteiger partial charge in [0.05, 0.1) is 17.1 Å². The molecule has 0 saturated heterocycles. The number of hydrogen-bond acceptors (Lipinski definition) is 4. The maximum atomic E-state index is 11.8. The Balaban J connectivity index is 2.09. The maximum absolute atomic E-state index is 11.8. The van der Waals surface area contributed by atoms with E-state index in [4.69, 9.17) is 27.0 Å². The molecule has 1 aromatic rings. The average Bonchev–Trinajstić information content (AvgIpc) is 3.11. The van der Waals surface area contributed by atoms with Crippen molar-refractivity contribution in [3.05, 3.63) is 28.8 Å². The molecule has 0 N–H and O–H groups in total. The first-order chi connectivity index (χ1) is 8.86. The topological polar surface area (TPSA) is 60.4 Å². The minimum absolute atomic E-state index is 0.0857. The molecule has 104 valence electrons. The summed E-state index contributed by atoms with van der Waals surface area (Å²) < 4.78 is 27.5. The zero-order chi connectivity index (χ0) is 14.0. The summed E-state index contributed by atoms with van der Waals surface area (Å²) in [5, 5.41) is 0.121. The Bertz CT molecular complexity index is 594. The summed E-state index contributed by atoms with van der Waals surface area (Å²) in [5.74, 6) is 0.0654. The van der Waals surface area contributed by atoms with E-state index in [0.717, 1.165) is 12.5 Å². The first-order valence-electron chi connectivity index (χ1n) is 5.78. The van der Waals surface area contributed by atoms with Crippen molar-refractivity contribution < 1.29 is 17.9 Å². The summed E-state index contributed by atoms with van der Waals surface area (Å²) in [6.07, 6.45) is 3.21. The minimum atomic E-state index is -3.93. The summed E-state index contributed by atoms with van der Waals surface area (Å²) in [5.41, 5.74) is 0.0857. The molecule has 0 unspecified atom stereocenters. The van der Waals surface area contributed by atoms with Crippen LogP contribution < -0.4 is 0 Å². The smallest absolute Gasteiger partial charge is 0.338 e. The van der Waals surface area contributed by atoms with Crippen molar-refractivity contribution >= 4 is 37.3 Å². The molecule has 0 aromatic heterocycles. The van der Waals surface area contributed by atoms with Crippen molar-refractivity contribution in [3.8, 4) is 0 Å². The van der Waals surface area contributed by atoms with Crippen molar-refractivity contribution in [2.45, 2.75) is 24.2 Å². The molecule has 0 amide bonds. The number of ether oxygens (including phenoxy) is 1. The van der Waals surface area contributed by atoms with E-state index in [0.29, 0.717) is 12.5 Å². The molecule has 0 bridgehead atoms. The maximum Gasteiger partial charge on any atom is 0.338 e. The third kappa shape index (κ3) is 4.37. The molecular formula is C12H12Cl2O4S. The predicted octanol–water partition coefficient (Wildman–Crippen LogP) is 3.22. The summed E-state index contributed by atoms with van der Waals surface area (Å²) >= 11 is 5.76. The molecule has 7 heteroatoms. The van der Waals surface area contributed by atoms with Crippen LogP contribution in [0.2, 0.25) is 5.02 Å². The van der Waals surface area contributed by atoms with Gasteiger partial charge in [0, 0.05) is 15.7 Å². The molecule has 0 spiro atoms. The van der Waals surface area contributed by atoms with Gasteiger partial charge in [-0.3, -0.25) is 0 Å². The Hall–Kier alpha value is -0.780. The lowest BCUT2D eigenvalue weighted by molar-refractivity contribution is 0.0494. The highest BCUT2D eigenvalue weighted by molar-refractivity contribution is 8.13. The molecule has 1 saturated carbocycles. The third-order valence-corrected chi connectivity index (χ3v) is 4.40. The molecular weight excluding hydrogens is 311 g/mol. The van der Waals surface area contributed by atoms with E-state index in [9.17, 15) is 13.2 Å². The Labute approximate surface area is 121 Å². The van der Waals surface area contributed by atoms with E-state index in [1.54, 1.807) is 0 Å². The van der Waals surface area contributed by atoms with Crippen LogP contribution in [0, 0.1) is 5.92 Å². The van der Waals surface area contributed by atoms with Gasteiger partial charge in [0.1, 0.15) is 0 Å². The van der Waals surface area contributed by atoms with Crippen molar-refractivity contribution in [3.63, 3.8) is 0 Å². The van der Waals surface area contributed by atoms with Crippen molar-refractivity contribution in [1.82, 2.24) is 0 Å². The standard InChI is InChI=1S/C12H12Cl2O4S/c13-10-5-9(6-11(7-10)19(14,16)17)12(15)18-4-3-8-1-2-8/h5-8H,1-4H2. The molecule has 1 aliphatic rings. The number of benzene rings is 1. The van der Waals surface area contributed by atoms with Gasteiger partial charge in [0.25, 0.3) is 9.05 Å². The number of esters is 1. The monoisotopic (exact) mass is 322 g/mol. The van der Waals surface area contributed by atoms with Crippen LogP contribution in [-0.4, -0.2) is 21.0 Å². The zero-order valence-electron chi connectivity index (χ0n) is 9.93. The normalized spacial score (nSPS) is 15.3. The first-order valence-corrected chi connectivity index (χ1v) is 8.47. The molecule has 0 atom stereocenters. The van der Waals surface area contributed by atoms with E-state index >= 15 is 0 Å². The Morgan fingerprint density at radius 3 is 2.58 bits per heavy atom. The van der Waals surface area contributed by atoms with Gasteiger partial charge in [0.2, 0.25) is 0 Å². The minimum Gasteiger partial charge on any atom is -0.462 e. The van der Waals surface area contributed by atoms with Crippen LogP contribution in [0.1, 0.15) is 29.6 Å². The van der Waals surface area contributed by atoms with Crippen LogP contribution in [0.25, 0.3) is 0 Å². The molecule has 0 aliphatic heterocycles. The van der Waals surface area contributed by atoms with Crippen molar-refractivity contribution in [1.29, 1.82) is 0 Å². The summed E-state index contributed by atoms with van der Waals surface area (Å²) in [7, 11) is 1.30. The second kappa shape index (κ2) is 5.69. The number of carbonyl (C=O) groups is 1. The fourth-order valence-corrected chi connectivity index (χ4v) is 2.73. The largest absolute Gasteiger partial charge is 0.462 e. The van der Waals surface area contributed by atoms with Gasteiger partial charge in [-0.25, -0.2) is 13.2 Å². The van der Waals surface area contributed by atoms with E-state index < -0.39 is 15.0 Å². The lowest BCUT2D eigenvalue weighted by Gasteiger charge is -2.06. The summed E-state index contributed by atoms with van der Waals surface area (Å²) in [6, 6.07) is 3.70. The van der Waals surface area contributed by atoms with E-state index in [2.05, 4.69) is 0 Å². The number of hydrogen-bond donors (Lipinski definition) is 0. The second-order valence-corrected chi connectivity index (χ2v) is 7.48. The Morgan fingerprint density at radius 2 is 2.00 bits per heavy atom. The van der Waals surface area contributed by atoms with Gasteiger partial charge in [-0.2, -0.15) is 0 Å². The number of halogens is 2. The van der Waals surface area contributed by atoms with Crippen LogP contribution in [0.4, 0.5) is 0 Å². The van der Waals surface area contributed by atoms with Gasteiger partial charge in [-0.1, -0.05) is 24.4 Å². The van der Waals surface area contributed by atoms with Crippen molar-refractivity contribution in [2.24, 2.45) is 5.92 Å². The van der Waals surface area contributed by atoms with E-state index in [1.165, 1.54) is 25.0 Å². The van der Waals surface area contributed by atoms with Crippen molar-refractivity contribution in [2.75, 3.05) is 6.61 Å². The van der Waals surface area contributed by atoms with Crippen LogP contribution in [0.3, 0.4) is 0 Å². The van der Waals surface area contributed by atoms with Crippen LogP contribution in [0.15, 0.2) is 23.1 Å². The zero-order valence-corrected chi connectivity index (χ0v) is 12.3. The van der Waals surface area contributed by atoms with Crippen LogP contribution >= 0.6 is 22.3 Å².